The number of amides is 1. The molecule has 3 rings (SSSR count). The Morgan fingerprint density at radius 1 is 1.27 bits per heavy atom. The van der Waals surface area contributed by atoms with E-state index in [0.29, 0.717) is 6.54 Å². The van der Waals surface area contributed by atoms with Gasteiger partial charge >= 0.3 is 0 Å². The standard InChI is InChI=1S/C17H17IN2O2/c18-14-4-1-3-13(11-14)17(21)20-10-2-5-16(12-20)22-15-6-8-19-9-7-15/h1,3-4,6-9,11,16H,2,5,10,12H2. The third-order valence-corrected chi connectivity index (χ3v) is 4.36. The second-order valence-corrected chi connectivity index (χ2v) is 6.57. The molecule has 0 radical (unpaired) electrons. The predicted octanol–water partition coefficient (Wildman–Crippen LogP) is 3.37. The fourth-order valence-electron chi connectivity index (χ4n) is 2.63. The molecule has 0 N–H and O–H groups in total. The van der Waals surface area contributed by atoms with Gasteiger partial charge in [-0.25, -0.2) is 0 Å². The zero-order valence-electron chi connectivity index (χ0n) is 12.1. The van der Waals surface area contributed by atoms with Crippen LogP contribution in [0.1, 0.15) is 23.2 Å². The molecular formula is C17H17IN2O2. The quantitative estimate of drug-likeness (QED) is 0.732. The summed E-state index contributed by atoms with van der Waals surface area (Å²) in [5.74, 6) is 0.894. The fourth-order valence-corrected chi connectivity index (χ4v) is 3.18. The van der Waals surface area contributed by atoms with Crippen LogP contribution in [0.3, 0.4) is 0 Å². The monoisotopic (exact) mass is 408 g/mol. The molecule has 1 amide bonds. The van der Waals surface area contributed by atoms with E-state index in [0.717, 1.165) is 34.3 Å². The zero-order chi connectivity index (χ0) is 15.4. The summed E-state index contributed by atoms with van der Waals surface area (Å²) in [6.45, 7) is 1.42. The lowest BCUT2D eigenvalue weighted by Gasteiger charge is -2.33. The maximum atomic E-state index is 12.6. The molecule has 0 saturated carbocycles. The van der Waals surface area contributed by atoms with Crippen LogP contribution >= 0.6 is 22.6 Å². The van der Waals surface area contributed by atoms with Gasteiger partial charge in [0.15, 0.2) is 0 Å². The summed E-state index contributed by atoms with van der Waals surface area (Å²) in [5, 5.41) is 0. The van der Waals surface area contributed by atoms with Crippen molar-refractivity contribution in [3.05, 3.63) is 57.9 Å². The number of carbonyl (C=O) groups excluding carboxylic acids is 1. The lowest BCUT2D eigenvalue weighted by atomic mass is 10.1. The van der Waals surface area contributed by atoms with Crippen LogP contribution in [0.2, 0.25) is 0 Å². The van der Waals surface area contributed by atoms with Gasteiger partial charge in [0.25, 0.3) is 5.91 Å². The van der Waals surface area contributed by atoms with Gasteiger partial charge < -0.3 is 9.64 Å². The number of hydrogen-bond donors (Lipinski definition) is 0. The van der Waals surface area contributed by atoms with Crippen molar-refractivity contribution >= 4 is 28.5 Å². The molecule has 114 valence electrons. The smallest absolute Gasteiger partial charge is 0.254 e. The Balaban J connectivity index is 1.66. The van der Waals surface area contributed by atoms with Gasteiger partial charge in [0.2, 0.25) is 0 Å². The van der Waals surface area contributed by atoms with E-state index in [1.807, 2.05) is 41.3 Å². The lowest BCUT2D eigenvalue weighted by molar-refractivity contribution is 0.0537. The Kier molecular flexibility index (Phi) is 4.92. The first-order valence-corrected chi connectivity index (χ1v) is 8.42. The van der Waals surface area contributed by atoms with E-state index < -0.39 is 0 Å². The molecular weight excluding hydrogens is 391 g/mol. The maximum absolute atomic E-state index is 12.6. The molecule has 22 heavy (non-hydrogen) atoms. The van der Waals surface area contributed by atoms with Crippen molar-refractivity contribution in [2.24, 2.45) is 0 Å². The molecule has 1 aromatic carbocycles. The van der Waals surface area contributed by atoms with Crippen LogP contribution in [0.25, 0.3) is 0 Å². The fraction of sp³-hybridized carbons (Fsp3) is 0.294. The van der Waals surface area contributed by atoms with Crippen LogP contribution in [0, 0.1) is 3.57 Å². The van der Waals surface area contributed by atoms with Crippen LogP contribution in [0.4, 0.5) is 0 Å². The van der Waals surface area contributed by atoms with Crippen molar-refractivity contribution in [2.45, 2.75) is 18.9 Å². The minimum Gasteiger partial charge on any atom is -0.488 e. The molecule has 4 nitrogen and oxygen atoms in total. The van der Waals surface area contributed by atoms with Crippen LogP contribution in [-0.2, 0) is 0 Å². The Labute approximate surface area is 143 Å². The molecule has 0 spiro atoms. The third kappa shape index (κ3) is 3.76. The maximum Gasteiger partial charge on any atom is 0.254 e. The van der Waals surface area contributed by atoms with Gasteiger partial charge in [-0.05, 0) is 65.8 Å². The number of piperidine rings is 1. The first-order valence-electron chi connectivity index (χ1n) is 7.34. The highest BCUT2D eigenvalue weighted by atomic mass is 127. The van der Waals surface area contributed by atoms with Gasteiger partial charge in [-0.2, -0.15) is 0 Å². The topological polar surface area (TPSA) is 42.4 Å². The summed E-state index contributed by atoms with van der Waals surface area (Å²) in [5.41, 5.74) is 0.747. The van der Waals surface area contributed by atoms with Crippen molar-refractivity contribution in [1.29, 1.82) is 0 Å². The van der Waals surface area contributed by atoms with Crippen molar-refractivity contribution in [3.63, 3.8) is 0 Å². The number of aromatic nitrogens is 1. The van der Waals surface area contributed by atoms with Gasteiger partial charge in [0.1, 0.15) is 11.9 Å². The second-order valence-electron chi connectivity index (χ2n) is 5.33. The van der Waals surface area contributed by atoms with E-state index in [-0.39, 0.29) is 12.0 Å². The molecule has 1 atom stereocenters. The number of benzene rings is 1. The summed E-state index contributed by atoms with van der Waals surface area (Å²) in [7, 11) is 0. The van der Waals surface area contributed by atoms with Crippen LogP contribution in [0.15, 0.2) is 48.8 Å². The predicted molar refractivity (Wildman–Crippen MR) is 92.9 cm³/mol. The number of nitrogens with zero attached hydrogens (tertiary/aromatic N) is 2. The van der Waals surface area contributed by atoms with E-state index in [1.54, 1.807) is 12.4 Å². The Morgan fingerprint density at radius 3 is 2.86 bits per heavy atom. The first kappa shape index (κ1) is 15.3. The molecule has 0 bridgehead atoms. The molecule has 1 fully saturated rings. The van der Waals surface area contributed by atoms with Crippen LogP contribution in [-0.4, -0.2) is 35.0 Å². The average molecular weight is 408 g/mol. The van der Waals surface area contributed by atoms with Gasteiger partial charge in [-0.15, -0.1) is 0 Å². The number of carbonyl (C=O) groups is 1. The molecule has 1 aliphatic heterocycles. The number of ether oxygens (including phenoxy) is 1. The Bertz CT molecular complexity index is 648. The molecule has 2 aromatic rings. The SMILES string of the molecule is O=C(c1cccc(I)c1)N1CCCC(Oc2ccncc2)C1. The number of rotatable bonds is 3. The molecule has 1 aliphatic rings. The summed E-state index contributed by atoms with van der Waals surface area (Å²) < 4.78 is 7.03. The summed E-state index contributed by atoms with van der Waals surface area (Å²) in [4.78, 5) is 18.5. The highest BCUT2D eigenvalue weighted by Crippen LogP contribution is 2.19. The minimum absolute atomic E-state index is 0.0443. The minimum atomic E-state index is 0.0443. The van der Waals surface area contributed by atoms with Gasteiger partial charge in [-0.1, -0.05) is 6.07 Å². The van der Waals surface area contributed by atoms with Crippen molar-refractivity contribution in [1.82, 2.24) is 9.88 Å². The number of hydrogen-bond acceptors (Lipinski definition) is 3. The highest BCUT2D eigenvalue weighted by molar-refractivity contribution is 14.1. The van der Waals surface area contributed by atoms with E-state index in [4.69, 9.17) is 4.74 Å². The molecule has 1 aromatic heterocycles. The third-order valence-electron chi connectivity index (χ3n) is 3.69. The van der Waals surface area contributed by atoms with E-state index in [1.165, 1.54) is 0 Å². The number of halogens is 1. The average Bonchev–Trinajstić information content (AvgIpc) is 2.55. The first-order chi connectivity index (χ1) is 10.7. The van der Waals surface area contributed by atoms with Crippen LogP contribution in [0.5, 0.6) is 5.75 Å². The molecule has 5 heteroatoms. The van der Waals surface area contributed by atoms with Crippen molar-refractivity contribution < 1.29 is 9.53 Å². The van der Waals surface area contributed by atoms with Crippen molar-refractivity contribution in [3.8, 4) is 5.75 Å². The highest BCUT2D eigenvalue weighted by Gasteiger charge is 2.25. The molecule has 1 saturated heterocycles. The molecule has 0 aliphatic carbocycles. The Morgan fingerprint density at radius 2 is 2.09 bits per heavy atom. The van der Waals surface area contributed by atoms with Crippen molar-refractivity contribution in [2.75, 3.05) is 13.1 Å². The summed E-state index contributed by atoms with van der Waals surface area (Å²) in [6.07, 6.45) is 5.41. The largest absolute Gasteiger partial charge is 0.488 e. The normalized spacial score (nSPS) is 18.0. The molecule has 2 heterocycles. The van der Waals surface area contributed by atoms with E-state index in [2.05, 4.69) is 27.6 Å². The lowest BCUT2D eigenvalue weighted by Crippen LogP contribution is -2.44. The zero-order valence-corrected chi connectivity index (χ0v) is 14.3. The summed E-state index contributed by atoms with van der Waals surface area (Å²) in [6, 6.07) is 11.4. The number of pyridine rings is 1. The number of likely N-dealkylation sites (tertiary alicyclic amines) is 1. The van der Waals surface area contributed by atoms with E-state index in [9.17, 15) is 4.79 Å². The van der Waals surface area contributed by atoms with Gasteiger partial charge in [0.05, 0.1) is 6.54 Å². The van der Waals surface area contributed by atoms with E-state index >= 15 is 0 Å². The van der Waals surface area contributed by atoms with Gasteiger partial charge in [-0.3, -0.25) is 9.78 Å². The molecule has 1 unspecified atom stereocenters. The van der Waals surface area contributed by atoms with Crippen LogP contribution < -0.4 is 4.74 Å². The Hall–Kier alpha value is -1.63. The van der Waals surface area contributed by atoms with Gasteiger partial charge in [0, 0.05) is 28.1 Å². The second kappa shape index (κ2) is 7.09. The summed E-state index contributed by atoms with van der Waals surface area (Å²) >= 11 is 2.23.